The minimum absolute atomic E-state index is 0.475. The molecule has 0 spiro atoms. The van der Waals surface area contributed by atoms with Crippen molar-refractivity contribution in [3.05, 3.63) is 17.6 Å². The van der Waals surface area contributed by atoms with Crippen LogP contribution in [-0.4, -0.2) is 13.4 Å². The molecule has 4 N–H and O–H groups in total. The molecule has 0 aliphatic carbocycles. The fourth-order valence-corrected chi connectivity index (χ4v) is 1.43. The first-order chi connectivity index (χ1) is 6.75. The van der Waals surface area contributed by atoms with E-state index in [9.17, 15) is 21.6 Å². The molecule has 1 rings (SSSR count). The van der Waals surface area contributed by atoms with Crippen molar-refractivity contribution in [1.82, 2.24) is 4.98 Å². The Morgan fingerprint density at radius 2 is 1.93 bits per heavy atom. The van der Waals surface area contributed by atoms with Crippen molar-refractivity contribution in [2.24, 2.45) is 5.14 Å². The summed E-state index contributed by atoms with van der Waals surface area (Å²) in [5, 5.41) is 3.43. The van der Waals surface area contributed by atoms with E-state index >= 15 is 0 Å². The van der Waals surface area contributed by atoms with E-state index in [2.05, 4.69) is 10.1 Å². The third kappa shape index (κ3) is 2.18. The Morgan fingerprint density at radius 1 is 1.40 bits per heavy atom. The van der Waals surface area contributed by atoms with Gasteiger partial charge in [0.1, 0.15) is 0 Å². The van der Waals surface area contributed by atoms with Crippen LogP contribution in [0.4, 0.5) is 18.9 Å². The highest BCUT2D eigenvalue weighted by Gasteiger charge is 2.23. The maximum absolute atomic E-state index is 13.1. The van der Waals surface area contributed by atoms with E-state index in [4.69, 9.17) is 5.73 Å². The number of rotatable bonds is 2. The van der Waals surface area contributed by atoms with Crippen molar-refractivity contribution < 1.29 is 21.6 Å². The summed E-state index contributed by atoms with van der Waals surface area (Å²) in [5.74, 6) is -1.56. The number of anilines is 1. The lowest BCUT2D eigenvalue weighted by Gasteiger charge is -2.07. The van der Waals surface area contributed by atoms with Gasteiger partial charge in [0, 0.05) is 6.20 Å². The number of alkyl halides is 2. The zero-order valence-corrected chi connectivity index (χ0v) is 7.93. The molecule has 1 heterocycles. The normalized spacial score (nSPS) is 12.1. The smallest absolute Gasteiger partial charge is 0.267 e. The van der Waals surface area contributed by atoms with E-state index in [1.54, 1.807) is 0 Å². The Kier molecular flexibility index (Phi) is 2.86. The summed E-state index contributed by atoms with van der Waals surface area (Å²) in [4.78, 5) is 2.98. The van der Waals surface area contributed by atoms with Crippen molar-refractivity contribution in [3.8, 4) is 0 Å². The predicted octanol–water partition coefficient (Wildman–Crippen LogP) is 0.388. The molecule has 84 valence electrons. The summed E-state index contributed by atoms with van der Waals surface area (Å²) < 4.78 is 58.9. The maximum atomic E-state index is 13.1. The van der Waals surface area contributed by atoms with Crippen molar-refractivity contribution in [2.75, 3.05) is 5.73 Å². The largest absolute Gasteiger partial charge is 0.396 e. The molecule has 0 unspecified atom stereocenters. The van der Waals surface area contributed by atoms with Crippen LogP contribution >= 0.6 is 0 Å². The monoisotopic (exact) mass is 241 g/mol. The van der Waals surface area contributed by atoms with Gasteiger partial charge in [-0.3, -0.25) is 0 Å². The highest BCUT2D eigenvalue weighted by atomic mass is 32.2. The van der Waals surface area contributed by atoms with Gasteiger partial charge < -0.3 is 5.73 Å². The number of nitrogens with zero attached hydrogens (tertiary/aromatic N) is 1. The fraction of sp³-hybridized carbons (Fsp3) is 0.167. The van der Waals surface area contributed by atoms with Gasteiger partial charge in [0.15, 0.2) is 5.82 Å². The van der Waals surface area contributed by atoms with Crippen LogP contribution in [0.3, 0.4) is 0 Å². The molecule has 9 heteroatoms. The summed E-state index contributed by atoms with van der Waals surface area (Å²) in [6.07, 6.45) is -2.57. The summed E-state index contributed by atoms with van der Waals surface area (Å²) in [7, 11) is -4.41. The molecule has 1 aromatic heterocycles. The third-order valence-electron chi connectivity index (χ3n) is 1.56. The lowest BCUT2D eigenvalue weighted by Crippen LogP contribution is -2.17. The topological polar surface area (TPSA) is 99.1 Å². The van der Waals surface area contributed by atoms with E-state index in [1.807, 2.05) is 0 Å². The molecule has 0 bridgehead atoms. The van der Waals surface area contributed by atoms with Crippen molar-refractivity contribution in [1.29, 1.82) is 0 Å². The van der Waals surface area contributed by atoms with E-state index in [-0.39, 0.29) is 0 Å². The average Bonchev–Trinajstić information content (AvgIpc) is 2.06. The second-order valence-corrected chi connectivity index (χ2v) is 4.07. The van der Waals surface area contributed by atoms with Crippen LogP contribution in [-0.2, 0) is 10.0 Å². The van der Waals surface area contributed by atoms with Gasteiger partial charge in [-0.2, -0.15) is 0 Å². The number of nitrogens with two attached hydrogens (primary N) is 2. The van der Waals surface area contributed by atoms with Gasteiger partial charge in [-0.25, -0.2) is 31.7 Å². The first-order valence-corrected chi connectivity index (χ1v) is 5.04. The van der Waals surface area contributed by atoms with E-state index < -0.39 is 38.5 Å². The van der Waals surface area contributed by atoms with E-state index in [1.165, 1.54) is 0 Å². The lowest BCUT2D eigenvalue weighted by atomic mass is 10.2. The minimum atomic E-state index is -4.41. The molecular formula is C6H6F3N3O2S. The zero-order chi connectivity index (χ0) is 11.8. The van der Waals surface area contributed by atoms with Gasteiger partial charge in [0.2, 0.25) is 5.03 Å². The first kappa shape index (κ1) is 11.7. The maximum Gasteiger partial charge on any atom is 0.267 e. The van der Waals surface area contributed by atoms with Crippen LogP contribution < -0.4 is 10.9 Å². The summed E-state index contributed by atoms with van der Waals surface area (Å²) >= 11 is 0. The van der Waals surface area contributed by atoms with Crippen LogP contribution in [0.2, 0.25) is 0 Å². The Morgan fingerprint density at radius 3 is 2.33 bits per heavy atom. The molecule has 5 nitrogen and oxygen atoms in total. The molecule has 0 amide bonds. The predicted molar refractivity (Wildman–Crippen MR) is 44.9 cm³/mol. The second kappa shape index (κ2) is 3.66. The molecule has 0 aliphatic rings. The summed E-state index contributed by atoms with van der Waals surface area (Å²) in [5.41, 5.74) is 3.12. The molecule has 0 saturated carbocycles. The van der Waals surface area contributed by atoms with E-state index in [0.717, 1.165) is 0 Å². The molecule has 0 aliphatic heterocycles. The fourth-order valence-electron chi connectivity index (χ4n) is 0.869. The Labute approximate surface area is 83.0 Å². The van der Waals surface area contributed by atoms with Gasteiger partial charge in [0.05, 0.1) is 11.3 Å². The Bertz CT molecular complexity index is 489. The summed E-state index contributed by atoms with van der Waals surface area (Å²) in [6.45, 7) is 0. The molecular weight excluding hydrogens is 235 g/mol. The highest BCUT2D eigenvalue weighted by Crippen LogP contribution is 2.28. The number of hydrogen-bond acceptors (Lipinski definition) is 4. The number of aromatic nitrogens is 1. The first-order valence-electron chi connectivity index (χ1n) is 3.50. The molecule has 0 atom stereocenters. The SMILES string of the molecule is Nc1c(C(F)F)cnc(S(N)(=O)=O)c1F. The quantitative estimate of drug-likeness (QED) is 0.782. The van der Waals surface area contributed by atoms with Crippen LogP contribution in [0.25, 0.3) is 0 Å². The van der Waals surface area contributed by atoms with Crippen LogP contribution in [0.1, 0.15) is 12.0 Å². The molecule has 15 heavy (non-hydrogen) atoms. The molecule has 0 radical (unpaired) electrons. The van der Waals surface area contributed by atoms with Crippen LogP contribution in [0.15, 0.2) is 11.2 Å². The van der Waals surface area contributed by atoms with Crippen molar-refractivity contribution in [2.45, 2.75) is 11.5 Å². The van der Waals surface area contributed by atoms with Gasteiger partial charge in [-0.1, -0.05) is 0 Å². The second-order valence-electron chi connectivity index (χ2n) is 2.59. The van der Waals surface area contributed by atoms with Crippen molar-refractivity contribution in [3.63, 3.8) is 0 Å². The minimum Gasteiger partial charge on any atom is -0.396 e. The van der Waals surface area contributed by atoms with Crippen LogP contribution in [0, 0.1) is 5.82 Å². The van der Waals surface area contributed by atoms with Gasteiger partial charge in [0.25, 0.3) is 16.4 Å². The molecule has 0 aromatic carbocycles. The number of nitrogen functional groups attached to an aromatic ring is 1. The van der Waals surface area contributed by atoms with Gasteiger partial charge >= 0.3 is 0 Å². The van der Waals surface area contributed by atoms with Gasteiger partial charge in [-0.15, -0.1) is 0 Å². The van der Waals surface area contributed by atoms with Crippen LogP contribution in [0.5, 0.6) is 0 Å². The molecule has 0 saturated heterocycles. The van der Waals surface area contributed by atoms with E-state index in [0.29, 0.717) is 6.20 Å². The number of pyridine rings is 1. The lowest BCUT2D eigenvalue weighted by molar-refractivity contribution is 0.151. The Hall–Kier alpha value is -1.35. The molecule has 1 aromatic rings. The zero-order valence-electron chi connectivity index (χ0n) is 7.12. The van der Waals surface area contributed by atoms with Gasteiger partial charge in [-0.05, 0) is 0 Å². The number of halogens is 3. The highest BCUT2D eigenvalue weighted by molar-refractivity contribution is 7.89. The number of primary sulfonamides is 1. The number of sulfonamides is 1. The third-order valence-corrected chi connectivity index (χ3v) is 2.38. The molecule has 0 fully saturated rings. The Balaban J connectivity index is 3.48. The summed E-state index contributed by atoms with van der Waals surface area (Å²) in [6, 6.07) is 0. The standard InChI is InChI=1S/C6H6F3N3O2S/c7-3-4(10)2(5(8)9)1-12-6(3)15(11,13)14/h1,5H,(H2,10,12)(H2,11,13,14). The average molecular weight is 241 g/mol. The van der Waals surface area contributed by atoms with Crippen molar-refractivity contribution >= 4 is 15.7 Å². The number of hydrogen-bond donors (Lipinski definition) is 2.